The molecule has 2 amide bonds. The lowest BCUT2D eigenvalue weighted by Crippen LogP contribution is -2.39. The number of imidazole rings is 1. The number of amides is 2. The monoisotopic (exact) mass is 372 g/mol. The molecule has 0 unspecified atom stereocenters. The Kier molecular flexibility index (Phi) is 6.26. The summed E-state index contributed by atoms with van der Waals surface area (Å²) in [6.07, 6.45) is 8.21. The van der Waals surface area contributed by atoms with Gasteiger partial charge in [0.2, 0.25) is 11.8 Å². The number of nitrogens with zero attached hydrogens (tertiary/aromatic N) is 5. The number of carbonyl (C=O) groups excluding carboxylic acids is 2. The van der Waals surface area contributed by atoms with Gasteiger partial charge in [0.25, 0.3) is 0 Å². The van der Waals surface area contributed by atoms with Crippen molar-refractivity contribution in [3.05, 3.63) is 30.5 Å². The van der Waals surface area contributed by atoms with Gasteiger partial charge in [-0.25, -0.2) is 4.98 Å². The van der Waals surface area contributed by atoms with Crippen molar-refractivity contribution in [2.45, 2.75) is 52.6 Å². The van der Waals surface area contributed by atoms with E-state index in [0.717, 1.165) is 38.3 Å². The Morgan fingerprint density at radius 1 is 1.26 bits per heavy atom. The molecule has 0 radical (unpaired) electrons. The zero-order valence-electron chi connectivity index (χ0n) is 16.1. The Morgan fingerprint density at radius 3 is 2.67 bits per heavy atom. The molecule has 1 saturated heterocycles. The second kappa shape index (κ2) is 8.83. The lowest BCUT2D eigenvalue weighted by molar-refractivity contribution is -0.132. The first kappa shape index (κ1) is 19.1. The van der Waals surface area contributed by atoms with Gasteiger partial charge in [0.15, 0.2) is 5.82 Å². The van der Waals surface area contributed by atoms with E-state index >= 15 is 0 Å². The highest BCUT2D eigenvalue weighted by Gasteiger charge is 2.24. The van der Waals surface area contributed by atoms with Crippen molar-refractivity contribution in [1.82, 2.24) is 24.2 Å². The van der Waals surface area contributed by atoms with Crippen LogP contribution >= 0.6 is 0 Å². The highest BCUT2D eigenvalue weighted by atomic mass is 16.2. The van der Waals surface area contributed by atoms with Crippen LogP contribution in [0.3, 0.4) is 0 Å². The molecule has 0 atom stereocenters. The third kappa shape index (κ3) is 5.18. The molecule has 1 fully saturated rings. The molecule has 0 bridgehead atoms. The van der Waals surface area contributed by atoms with Crippen LogP contribution in [0.2, 0.25) is 0 Å². The van der Waals surface area contributed by atoms with E-state index < -0.39 is 0 Å². The molecule has 146 valence electrons. The molecular weight excluding hydrogens is 344 g/mol. The van der Waals surface area contributed by atoms with Crippen LogP contribution in [0.1, 0.15) is 38.4 Å². The molecule has 2 aromatic rings. The molecule has 8 nitrogen and oxygen atoms in total. The van der Waals surface area contributed by atoms with Crippen molar-refractivity contribution >= 4 is 17.6 Å². The van der Waals surface area contributed by atoms with Crippen LogP contribution in [0, 0.1) is 12.8 Å². The number of anilines is 1. The quantitative estimate of drug-likeness (QED) is 0.806. The van der Waals surface area contributed by atoms with Crippen LogP contribution < -0.4 is 5.32 Å². The zero-order valence-corrected chi connectivity index (χ0v) is 16.1. The van der Waals surface area contributed by atoms with Gasteiger partial charge in [0.1, 0.15) is 5.82 Å². The fourth-order valence-electron chi connectivity index (χ4n) is 3.46. The summed E-state index contributed by atoms with van der Waals surface area (Å²) in [5.41, 5.74) is 0. The third-order valence-electron chi connectivity index (χ3n) is 5.16. The molecule has 0 aromatic carbocycles. The van der Waals surface area contributed by atoms with Crippen molar-refractivity contribution in [2.75, 3.05) is 18.4 Å². The number of aromatic nitrogens is 4. The summed E-state index contributed by atoms with van der Waals surface area (Å²) in [7, 11) is 0. The van der Waals surface area contributed by atoms with Gasteiger partial charge in [-0.2, -0.15) is 5.10 Å². The fraction of sp³-hybridized carbons (Fsp3) is 0.579. The second-order valence-electron chi connectivity index (χ2n) is 7.05. The molecule has 0 aliphatic carbocycles. The molecule has 1 aliphatic heterocycles. The lowest BCUT2D eigenvalue weighted by Gasteiger charge is -2.31. The SMILES string of the molecule is CCn1ccc(NC(=O)CC2CCN(C(=O)CCn3ccnc3C)CC2)n1. The molecule has 3 rings (SSSR count). The summed E-state index contributed by atoms with van der Waals surface area (Å²) < 4.78 is 3.78. The van der Waals surface area contributed by atoms with Crippen molar-refractivity contribution in [3.8, 4) is 0 Å². The minimum absolute atomic E-state index is 0.00304. The Bertz CT molecular complexity index is 773. The Balaban J connectivity index is 1.38. The van der Waals surface area contributed by atoms with Gasteiger partial charge >= 0.3 is 0 Å². The number of hydrogen-bond acceptors (Lipinski definition) is 4. The van der Waals surface area contributed by atoms with Gasteiger partial charge in [0.05, 0.1) is 0 Å². The van der Waals surface area contributed by atoms with Gasteiger partial charge in [-0.3, -0.25) is 14.3 Å². The van der Waals surface area contributed by atoms with Crippen LogP contribution in [-0.2, 0) is 22.7 Å². The maximum atomic E-state index is 12.4. The normalized spacial score (nSPS) is 15.1. The maximum absolute atomic E-state index is 12.4. The van der Waals surface area contributed by atoms with Crippen molar-refractivity contribution < 1.29 is 9.59 Å². The van der Waals surface area contributed by atoms with E-state index in [9.17, 15) is 9.59 Å². The van der Waals surface area contributed by atoms with Gasteiger partial charge < -0.3 is 14.8 Å². The smallest absolute Gasteiger partial charge is 0.225 e. The maximum Gasteiger partial charge on any atom is 0.225 e. The molecule has 2 aromatic heterocycles. The first-order chi connectivity index (χ1) is 13.0. The van der Waals surface area contributed by atoms with Gasteiger partial charge in [-0.1, -0.05) is 0 Å². The number of piperidine rings is 1. The van der Waals surface area contributed by atoms with Gasteiger partial charge in [-0.05, 0) is 32.6 Å². The van der Waals surface area contributed by atoms with E-state index in [2.05, 4.69) is 15.4 Å². The molecule has 27 heavy (non-hydrogen) atoms. The Hall–Kier alpha value is -2.64. The minimum Gasteiger partial charge on any atom is -0.343 e. The molecule has 3 heterocycles. The molecule has 8 heteroatoms. The minimum atomic E-state index is -0.00304. The summed E-state index contributed by atoms with van der Waals surface area (Å²) >= 11 is 0. The number of carbonyl (C=O) groups is 2. The van der Waals surface area contributed by atoms with Crippen molar-refractivity contribution in [1.29, 1.82) is 0 Å². The van der Waals surface area contributed by atoms with Crippen molar-refractivity contribution in [3.63, 3.8) is 0 Å². The van der Waals surface area contributed by atoms with Crippen LogP contribution in [0.25, 0.3) is 0 Å². The van der Waals surface area contributed by atoms with E-state index in [1.165, 1.54) is 0 Å². The first-order valence-corrected chi connectivity index (χ1v) is 9.64. The number of rotatable bonds is 7. The van der Waals surface area contributed by atoms with E-state index in [-0.39, 0.29) is 11.8 Å². The Labute approximate surface area is 159 Å². The predicted octanol–water partition coefficient (Wildman–Crippen LogP) is 2.07. The number of nitrogens with one attached hydrogen (secondary N) is 1. The van der Waals surface area contributed by atoms with E-state index in [1.54, 1.807) is 10.9 Å². The summed E-state index contributed by atoms with van der Waals surface area (Å²) in [4.78, 5) is 30.7. The summed E-state index contributed by atoms with van der Waals surface area (Å²) in [6, 6.07) is 1.81. The average molecular weight is 372 g/mol. The number of aryl methyl sites for hydroxylation is 3. The van der Waals surface area contributed by atoms with E-state index in [1.807, 2.05) is 41.8 Å². The van der Waals surface area contributed by atoms with Crippen LogP contribution in [0.15, 0.2) is 24.7 Å². The molecule has 0 spiro atoms. The largest absolute Gasteiger partial charge is 0.343 e. The van der Waals surface area contributed by atoms with Crippen LogP contribution in [0.5, 0.6) is 0 Å². The fourth-order valence-corrected chi connectivity index (χ4v) is 3.46. The summed E-state index contributed by atoms with van der Waals surface area (Å²) in [5, 5.41) is 7.13. The summed E-state index contributed by atoms with van der Waals surface area (Å²) in [6.45, 7) is 6.84. The molecular formula is C19H28N6O2. The second-order valence-corrected chi connectivity index (χ2v) is 7.05. The predicted molar refractivity (Wildman–Crippen MR) is 102 cm³/mol. The molecule has 0 saturated carbocycles. The number of likely N-dealkylation sites (tertiary alicyclic amines) is 1. The van der Waals surface area contributed by atoms with Crippen molar-refractivity contribution in [2.24, 2.45) is 5.92 Å². The van der Waals surface area contributed by atoms with Gasteiger partial charge in [0, 0.05) is 63.7 Å². The third-order valence-corrected chi connectivity index (χ3v) is 5.16. The number of hydrogen-bond donors (Lipinski definition) is 1. The highest BCUT2D eigenvalue weighted by Crippen LogP contribution is 2.21. The average Bonchev–Trinajstić information content (AvgIpc) is 3.28. The van der Waals surface area contributed by atoms with Crippen LogP contribution in [-0.4, -0.2) is 49.1 Å². The standard InChI is InChI=1S/C19H28N6O2/c1-3-25-12-6-17(22-25)21-18(26)14-16-4-9-24(10-5-16)19(27)7-11-23-13-8-20-15(23)2/h6,8,12-13,16H,3-5,7,9-11,14H2,1-2H3,(H,21,22,26). The molecule has 1 N–H and O–H groups in total. The summed E-state index contributed by atoms with van der Waals surface area (Å²) in [5.74, 6) is 2.02. The van der Waals surface area contributed by atoms with E-state index in [4.69, 9.17) is 0 Å². The topological polar surface area (TPSA) is 85.0 Å². The van der Waals surface area contributed by atoms with Gasteiger partial charge in [-0.15, -0.1) is 0 Å². The van der Waals surface area contributed by atoms with Crippen LogP contribution in [0.4, 0.5) is 5.82 Å². The Morgan fingerprint density at radius 2 is 2.04 bits per heavy atom. The highest BCUT2D eigenvalue weighted by molar-refractivity contribution is 5.89. The first-order valence-electron chi connectivity index (χ1n) is 9.64. The lowest BCUT2D eigenvalue weighted by atomic mass is 9.93. The molecule has 1 aliphatic rings. The van der Waals surface area contributed by atoms with E-state index in [0.29, 0.717) is 31.1 Å². The zero-order chi connectivity index (χ0) is 19.2.